The van der Waals surface area contributed by atoms with Crippen LogP contribution in [-0.4, -0.2) is 56.1 Å². The highest BCUT2D eigenvalue weighted by Gasteiger charge is 2.08. The average molecular weight is 480 g/mol. The van der Waals surface area contributed by atoms with E-state index in [0.29, 0.717) is 29.5 Å². The Morgan fingerprint density at radius 3 is 1.97 bits per heavy atom. The summed E-state index contributed by atoms with van der Waals surface area (Å²) in [5.74, 6) is 1.49. The molecule has 9 heteroatoms. The van der Waals surface area contributed by atoms with Gasteiger partial charge in [0.05, 0.1) is 0 Å². The number of hydrogen-bond acceptors (Lipinski definition) is 6. The number of nitrogens with zero attached hydrogens (tertiary/aromatic N) is 2. The molecule has 0 aliphatic carbocycles. The van der Waals surface area contributed by atoms with Crippen molar-refractivity contribution in [3.8, 4) is 17.2 Å². The topological polar surface area (TPSA) is 105 Å². The summed E-state index contributed by atoms with van der Waals surface area (Å²) in [6, 6.07) is 16.9. The zero-order chi connectivity index (χ0) is 25.6. The number of hydrogen-bond donors (Lipinski definition) is 3. The van der Waals surface area contributed by atoms with E-state index in [1.807, 2.05) is 45.0 Å². The number of likely N-dealkylation sites (N-methyl/N-ethyl adjacent to an activating group) is 1. The molecule has 3 N–H and O–H groups in total. The number of rotatable bonds is 9. The van der Waals surface area contributed by atoms with Crippen LogP contribution in [0.2, 0.25) is 0 Å². The number of pyridine rings is 1. The highest BCUT2D eigenvalue weighted by Crippen LogP contribution is 2.23. The van der Waals surface area contributed by atoms with E-state index in [2.05, 4.69) is 20.9 Å². The fourth-order valence-electron chi connectivity index (χ4n) is 2.74. The van der Waals surface area contributed by atoms with Crippen LogP contribution in [-0.2, 0) is 0 Å². The lowest BCUT2D eigenvalue weighted by atomic mass is 10.3. The van der Waals surface area contributed by atoms with E-state index in [9.17, 15) is 9.59 Å². The molecule has 9 nitrogen and oxygen atoms in total. The molecule has 0 radical (unpaired) electrons. The molecule has 1 heterocycles. The molecule has 0 aliphatic heterocycles. The fourth-order valence-corrected chi connectivity index (χ4v) is 2.74. The summed E-state index contributed by atoms with van der Waals surface area (Å²) >= 11 is 0. The lowest BCUT2D eigenvalue weighted by Crippen LogP contribution is -2.20. The molecule has 0 spiro atoms. The molecule has 2 aromatic carbocycles. The molecule has 0 saturated carbocycles. The quantitative estimate of drug-likeness (QED) is 0.405. The van der Waals surface area contributed by atoms with Gasteiger partial charge in [-0.15, -0.1) is 0 Å². The lowest BCUT2D eigenvalue weighted by Gasteiger charge is -2.12. The van der Waals surface area contributed by atoms with Gasteiger partial charge in [0, 0.05) is 37.2 Å². The molecule has 0 bridgehead atoms. The van der Waals surface area contributed by atoms with Crippen LogP contribution in [0.1, 0.15) is 24.3 Å². The summed E-state index contributed by atoms with van der Waals surface area (Å²) in [5.41, 5.74) is 1.51. The first-order valence-electron chi connectivity index (χ1n) is 11.3. The first kappa shape index (κ1) is 27.1. The van der Waals surface area contributed by atoms with Gasteiger partial charge < -0.3 is 30.3 Å². The van der Waals surface area contributed by atoms with Gasteiger partial charge in [-0.05, 0) is 68.7 Å². The van der Waals surface area contributed by atoms with Gasteiger partial charge >= 0.3 is 6.03 Å². The van der Waals surface area contributed by atoms with Gasteiger partial charge in [0.2, 0.25) is 0 Å². The van der Waals surface area contributed by atoms with Crippen LogP contribution in [0.15, 0.2) is 66.9 Å². The minimum Gasteiger partial charge on any atom is -0.492 e. The predicted molar refractivity (Wildman–Crippen MR) is 139 cm³/mol. The highest BCUT2D eigenvalue weighted by atomic mass is 16.5. The molecule has 3 rings (SSSR count). The maximum Gasteiger partial charge on any atom is 0.323 e. The number of nitrogens with one attached hydrogen (secondary N) is 3. The zero-order valence-electron chi connectivity index (χ0n) is 20.8. The van der Waals surface area contributed by atoms with Crippen LogP contribution in [0.25, 0.3) is 0 Å². The third-order valence-corrected chi connectivity index (χ3v) is 4.46. The molecular formula is C26H33N5O4. The molecule has 186 valence electrons. The molecule has 0 aliphatic rings. The van der Waals surface area contributed by atoms with Gasteiger partial charge in [-0.3, -0.25) is 9.78 Å². The Kier molecular flexibility index (Phi) is 11.0. The van der Waals surface area contributed by atoms with Crippen LogP contribution in [0.3, 0.4) is 0 Å². The average Bonchev–Trinajstić information content (AvgIpc) is 2.87. The van der Waals surface area contributed by atoms with E-state index in [4.69, 9.17) is 9.47 Å². The second-order valence-electron chi connectivity index (χ2n) is 7.34. The molecular weight excluding hydrogens is 446 g/mol. The minimum absolute atomic E-state index is 0.262. The largest absolute Gasteiger partial charge is 0.492 e. The molecule has 0 fully saturated rings. The zero-order valence-corrected chi connectivity index (χ0v) is 20.8. The van der Waals surface area contributed by atoms with Gasteiger partial charge in [0.1, 0.15) is 29.5 Å². The lowest BCUT2D eigenvalue weighted by molar-refractivity contribution is 0.0958. The van der Waals surface area contributed by atoms with Crippen molar-refractivity contribution >= 4 is 23.3 Å². The fraction of sp³-hybridized carbons (Fsp3) is 0.269. The van der Waals surface area contributed by atoms with E-state index in [0.717, 1.165) is 12.3 Å². The minimum atomic E-state index is -0.366. The molecule has 1 aromatic heterocycles. The van der Waals surface area contributed by atoms with Crippen LogP contribution in [0, 0.1) is 0 Å². The maximum absolute atomic E-state index is 12.3. The summed E-state index contributed by atoms with van der Waals surface area (Å²) in [5, 5.41) is 8.07. The van der Waals surface area contributed by atoms with Crippen LogP contribution < -0.4 is 25.4 Å². The third kappa shape index (κ3) is 9.34. The Morgan fingerprint density at radius 1 is 0.857 bits per heavy atom. The number of carbonyl (C=O) groups excluding carboxylic acids is 2. The molecule has 3 amide bonds. The van der Waals surface area contributed by atoms with Crippen molar-refractivity contribution in [2.24, 2.45) is 0 Å². The molecule has 0 saturated heterocycles. The molecule has 35 heavy (non-hydrogen) atoms. The number of amides is 3. The van der Waals surface area contributed by atoms with E-state index in [1.165, 1.54) is 13.2 Å². The summed E-state index contributed by atoms with van der Waals surface area (Å²) in [4.78, 5) is 30.0. The number of anilines is 2. The first-order valence-corrected chi connectivity index (χ1v) is 11.3. The summed E-state index contributed by atoms with van der Waals surface area (Å²) in [6.45, 7) is 5.42. The second-order valence-corrected chi connectivity index (χ2v) is 7.34. The summed E-state index contributed by atoms with van der Waals surface area (Å²) in [6.07, 6.45) is 1.50. The van der Waals surface area contributed by atoms with E-state index < -0.39 is 0 Å². The number of ether oxygens (including phenoxy) is 2. The second kappa shape index (κ2) is 14.2. The Bertz CT molecular complexity index is 1070. The van der Waals surface area contributed by atoms with Crippen molar-refractivity contribution < 1.29 is 19.1 Å². The third-order valence-electron chi connectivity index (χ3n) is 4.46. The molecule has 0 atom stereocenters. The molecule has 0 unspecified atom stereocenters. The number of benzene rings is 2. The van der Waals surface area contributed by atoms with Crippen molar-refractivity contribution in [3.63, 3.8) is 0 Å². The smallest absolute Gasteiger partial charge is 0.323 e. The first-order chi connectivity index (χ1) is 16.9. The standard InChI is InChI=1S/C24H27N5O4.C2H6/c1-25-23(30)22-16-21(12-13-26-22)33-20-10-6-18(7-11-20)28-24(31)27-17-4-8-19(9-5-17)32-15-14-29(2)3;1-2/h4-13,16H,14-15H2,1-3H3,(H,25,30)(H2,27,28,31);1-2H3. The Hall–Kier alpha value is -4.11. The monoisotopic (exact) mass is 479 g/mol. The van der Waals surface area contributed by atoms with Gasteiger partial charge in [-0.1, -0.05) is 13.8 Å². The van der Waals surface area contributed by atoms with Crippen LogP contribution in [0.4, 0.5) is 16.2 Å². The summed E-state index contributed by atoms with van der Waals surface area (Å²) < 4.78 is 11.4. The summed E-state index contributed by atoms with van der Waals surface area (Å²) in [7, 11) is 5.51. The van der Waals surface area contributed by atoms with Crippen molar-refractivity contribution in [2.75, 3.05) is 44.9 Å². The predicted octanol–water partition coefficient (Wildman–Crippen LogP) is 4.84. The van der Waals surface area contributed by atoms with Crippen LogP contribution >= 0.6 is 0 Å². The number of carbonyl (C=O) groups is 2. The van der Waals surface area contributed by atoms with Gasteiger partial charge in [0.15, 0.2) is 0 Å². The van der Waals surface area contributed by atoms with Crippen molar-refractivity contribution in [1.82, 2.24) is 15.2 Å². The van der Waals surface area contributed by atoms with Crippen molar-refractivity contribution in [2.45, 2.75) is 13.8 Å². The Morgan fingerprint density at radius 2 is 1.43 bits per heavy atom. The number of urea groups is 1. The number of aromatic nitrogens is 1. The van der Waals surface area contributed by atoms with Crippen LogP contribution in [0.5, 0.6) is 17.2 Å². The SMILES string of the molecule is CC.CNC(=O)c1cc(Oc2ccc(NC(=O)Nc3ccc(OCCN(C)C)cc3)cc2)ccn1. The van der Waals surface area contributed by atoms with Gasteiger partial charge in [-0.2, -0.15) is 0 Å². The van der Waals surface area contributed by atoms with E-state index in [-0.39, 0.29) is 17.6 Å². The molecule has 3 aromatic rings. The highest BCUT2D eigenvalue weighted by molar-refractivity contribution is 5.99. The van der Waals surface area contributed by atoms with Crippen molar-refractivity contribution in [3.05, 3.63) is 72.6 Å². The van der Waals surface area contributed by atoms with E-state index >= 15 is 0 Å². The maximum atomic E-state index is 12.3. The Balaban J connectivity index is 0.00000210. The van der Waals surface area contributed by atoms with Gasteiger partial charge in [0.25, 0.3) is 5.91 Å². The van der Waals surface area contributed by atoms with Gasteiger partial charge in [-0.25, -0.2) is 4.79 Å². The van der Waals surface area contributed by atoms with Crippen molar-refractivity contribution in [1.29, 1.82) is 0 Å². The Labute approximate surface area is 206 Å². The normalized spacial score (nSPS) is 10.0. The van der Waals surface area contributed by atoms with E-state index in [1.54, 1.807) is 48.5 Å².